The van der Waals surface area contributed by atoms with E-state index in [2.05, 4.69) is 24.9 Å². The molecule has 1 amide bonds. The van der Waals surface area contributed by atoms with Crippen LogP contribution in [0.5, 0.6) is 0 Å². The molecule has 8 heteroatoms. The van der Waals surface area contributed by atoms with E-state index in [0.717, 1.165) is 18.5 Å². The minimum Gasteiger partial charge on any atom is -0.327 e. The Labute approximate surface area is 155 Å². The van der Waals surface area contributed by atoms with Crippen LogP contribution in [-0.4, -0.2) is 42.3 Å². The largest absolute Gasteiger partial charge is 0.327 e. The van der Waals surface area contributed by atoms with E-state index in [1.165, 1.54) is 12.3 Å². The zero-order valence-electron chi connectivity index (χ0n) is 14.8. The standard InChI is InChI=1S/C19H18N6O2/c1-12-10-22-15(11-21-12)19(27)25-8-4-6-16(25)18-23-14(9-17(26)24-18)13-5-2-3-7-20-13/h2-3,5,7,9-11,16H,4,6,8H2,1H3,(H,23,24,26)/t16-/m1/s1. The van der Waals surface area contributed by atoms with Gasteiger partial charge in [0.15, 0.2) is 0 Å². The summed E-state index contributed by atoms with van der Waals surface area (Å²) in [5.74, 6) is 0.255. The van der Waals surface area contributed by atoms with Gasteiger partial charge < -0.3 is 9.88 Å². The average Bonchev–Trinajstić information content (AvgIpc) is 3.18. The van der Waals surface area contributed by atoms with Gasteiger partial charge in [0.2, 0.25) is 0 Å². The lowest BCUT2D eigenvalue weighted by atomic mass is 10.2. The maximum absolute atomic E-state index is 12.9. The van der Waals surface area contributed by atoms with E-state index in [1.807, 2.05) is 13.0 Å². The Kier molecular flexibility index (Phi) is 4.45. The smallest absolute Gasteiger partial charge is 0.274 e. The second-order valence-corrected chi connectivity index (χ2v) is 6.43. The zero-order chi connectivity index (χ0) is 18.8. The van der Waals surface area contributed by atoms with Crippen LogP contribution in [0.4, 0.5) is 0 Å². The number of pyridine rings is 1. The summed E-state index contributed by atoms with van der Waals surface area (Å²) in [5, 5.41) is 0. The first-order valence-corrected chi connectivity index (χ1v) is 8.74. The molecule has 8 nitrogen and oxygen atoms in total. The molecule has 0 radical (unpaired) electrons. The number of aromatic nitrogens is 5. The van der Waals surface area contributed by atoms with Crippen molar-refractivity contribution < 1.29 is 4.79 Å². The molecule has 0 unspecified atom stereocenters. The van der Waals surface area contributed by atoms with Crippen molar-refractivity contribution in [3.05, 3.63) is 70.4 Å². The summed E-state index contributed by atoms with van der Waals surface area (Å²) in [5.41, 5.74) is 1.87. The monoisotopic (exact) mass is 362 g/mol. The van der Waals surface area contributed by atoms with Gasteiger partial charge in [-0.05, 0) is 31.9 Å². The average molecular weight is 362 g/mol. The molecule has 1 fully saturated rings. The van der Waals surface area contributed by atoms with Gasteiger partial charge >= 0.3 is 0 Å². The van der Waals surface area contributed by atoms with Crippen LogP contribution < -0.4 is 5.56 Å². The lowest BCUT2D eigenvalue weighted by Gasteiger charge is -2.23. The van der Waals surface area contributed by atoms with Crippen LogP contribution in [0.1, 0.15) is 40.9 Å². The Morgan fingerprint density at radius 2 is 2.07 bits per heavy atom. The van der Waals surface area contributed by atoms with Crippen molar-refractivity contribution in [3.8, 4) is 11.4 Å². The third-order valence-corrected chi connectivity index (χ3v) is 4.52. The third-order valence-electron chi connectivity index (χ3n) is 4.52. The Bertz CT molecular complexity index is 1020. The summed E-state index contributed by atoms with van der Waals surface area (Å²) in [7, 11) is 0. The fourth-order valence-electron chi connectivity index (χ4n) is 3.22. The number of rotatable bonds is 3. The quantitative estimate of drug-likeness (QED) is 0.763. The highest BCUT2D eigenvalue weighted by Crippen LogP contribution is 2.31. The van der Waals surface area contributed by atoms with Gasteiger partial charge in [0.1, 0.15) is 11.5 Å². The van der Waals surface area contributed by atoms with Crippen LogP contribution in [-0.2, 0) is 0 Å². The molecule has 3 aromatic rings. The number of carbonyl (C=O) groups is 1. The first-order chi connectivity index (χ1) is 13.1. The Hall–Kier alpha value is -3.42. The van der Waals surface area contributed by atoms with Crippen molar-refractivity contribution in [1.29, 1.82) is 0 Å². The van der Waals surface area contributed by atoms with Crippen molar-refractivity contribution in [2.75, 3.05) is 6.54 Å². The number of aryl methyl sites for hydroxylation is 1. The first kappa shape index (κ1) is 17.0. The third kappa shape index (κ3) is 3.46. The second kappa shape index (κ2) is 7.06. The lowest BCUT2D eigenvalue weighted by molar-refractivity contribution is 0.0723. The number of amides is 1. The molecule has 4 heterocycles. The Morgan fingerprint density at radius 3 is 2.81 bits per heavy atom. The molecule has 1 aliphatic heterocycles. The van der Waals surface area contributed by atoms with Crippen molar-refractivity contribution in [1.82, 2.24) is 29.8 Å². The molecule has 0 aromatic carbocycles. The number of aromatic amines is 1. The molecule has 0 saturated carbocycles. The normalized spacial score (nSPS) is 16.5. The van der Waals surface area contributed by atoms with E-state index in [0.29, 0.717) is 23.8 Å². The Balaban J connectivity index is 1.68. The molecule has 27 heavy (non-hydrogen) atoms. The first-order valence-electron chi connectivity index (χ1n) is 8.74. The van der Waals surface area contributed by atoms with Crippen molar-refractivity contribution in [3.63, 3.8) is 0 Å². The van der Waals surface area contributed by atoms with Crippen LogP contribution >= 0.6 is 0 Å². The van der Waals surface area contributed by atoms with Crippen LogP contribution in [0, 0.1) is 6.92 Å². The van der Waals surface area contributed by atoms with Crippen molar-refractivity contribution in [2.45, 2.75) is 25.8 Å². The molecular formula is C19H18N6O2. The zero-order valence-corrected chi connectivity index (χ0v) is 14.8. The summed E-state index contributed by atoms with van der Waals surface area (Å²) in [4.78, 5) is 46.7. The number of carbonyl (C=O) groups excluding carboxylic acids is 1. The molecule has 1 aliphatic rings. The fraction of sp³-hybridized carbons (Fsp3) is 0.263. The SMILES string of the molecule is Cc1cnc(C(=O)N2CCC[C@@H]2c2nc(-c3ccccn3)cc(=O)[nH]2)cn1. The molecule has 1 N–H and O–H groups in total. The molecule has 136 valence electrons. The highest BCUT2D eigenvalue weighted by molar-refractivity contribution is 5.92. The van der Waals surface area contributed by atoms with E-state index in [4.69, 9.17) is 0 Å². The number of nitrogens with zero attached hydrogens (tertiary/aromatic N) is 5. The number of likely N-dealkylation sites (tertiary alicyclic amines) is 1. The van der Waals surface area contributed by atoms with E-state index in [-0.39, 0.29) is 23.2 Å². The van der Waals surface area contributed by atoms with Gasteiger partial charge in [-0.3, -0.25) is 19.6 Å². The minimum atomic E-state index is -0.308. The van der Waals surface area contributed by atoms with E-state index in [9.17, 15) is 9.59 Å². The van der Waals surface area contributed by atoms with Crippen LogP contribution in [0.25, 0.3) is 11.4 Å². The van der Waals surface area contributed by atoms with E-state index >= 15 is 0 Å². The molecule has 1 atom stereocenters. The molecular weight excluding hydrogens is 344 g/mol. The molecule has 4 rings (SSSR count). The highest BCUT2D eigenvalue weighted by atomic mass is 16.2. The number of nitrogens with one attached hydrogen (secondary N) is 1. The van der Waals surface area contributed by atoms with Crippen molar-refractivity contribution in [2.24, 2.45) is 0 Å². The van der Waals surface area contributed by atoms with Crippen LogP contribution in [0.2, 0.25) is 0 Å². The maximum Gasteiger partial charge on any atom is 0.274 e. The van der Waals surface area contributed by atoms with Gasteiger partial charge in [0.25, 0.3) is 11.5 Å². The number of hydrogen-bond acceptors (Lipinski definition) is 6. The lowest BCUT2D eigenvalue weighted by Crippen LogP contribution is -2.33. The summed E-state index contributed by atoms with van der Waals surface area (Å²) in [6.45, 7) is 2.40. The predicted octanol–water partition coefficient (Wildman–Crippen LogP) is 1.91. The van der Waals surface area contributed by atoms with E-state index < -0.39 is 0 Å². The van der Waals surface area contributed by atoms with Crippen molar-refractivity contribution >= 4 is 5.91 Å². The topological polar surface area (TPSA) is 105 Å². The van der Waals surface area contributed by atoms with Gasteiger partial charge in [-0.25, -0.2) is 9.97 Å². The highest BCUT2D eigenvalue weighted by Gasteiger charge is 2.33. The van der Waals surface area contributed by atoms with E-state index in [1.54, 1.807) is 29.4 Å². The van der Waals surface area contributed by atoms with Crippen LogP contribution in [0.3, 0.4) is 0 Å². The summed E-state index contributed by atoms with van der Waals surface area (Å²) < 4.78 is 0. The van der Waals surface area contributed by atoms with Crippen LogP contribution in [0.15, 0.2) is 47.7 Å². The molecule has 0 aliphatic carbocycles. The summed E-state index contributed by atoms with van der Waals surface area (Å²) >= 11 is 0. The fourth-order valence-corrected chi connectivity index (χ4v) is 3.22. The van der Waals surface area contributed by atoms with Gasteiger partial charge in [-0.2, -0.15) is 0 Å². The Morgan fingerprint density at radius 1 is 1.19 bits per heavy atom. The van der Waals surface area contributed by atoms with Gasteiger partial charge in [0.05, 0.1) is 29.3 Å². The predicted molar refractivity (Wildman–Crippen MR) is 97.9 cm³/mol. The summed E-state index contributed by atoms with van der Waals surface area (Å²) in [6.07, 6.45) is 6.25. The number of H-pyrrole nitrogens is 1. The van der Waals surface area contributed by atoms with Gasteiger partial charge in [-0.1, -0.05) is 6.07 Å². The van der Waals surface area contributed by atoms with Gasteiger partial charge in [-0.15, -0.1) is 0 Å². The molecule has 3 aromatic heterocycles. The minimum absolute atomic E-state index is 0.212. The number of hydrogen-bond donors (Lipinski definition) is 1. The molecule has 1 saturated heterocycles. The second-order valence-electron chi connectivity index (χ2n) is 6.43. The molecule has 0 bridgehead atoms. The maximum atomic E-state index is 12.9. The van der Waals surface area contributed by atoms with Gasteiger partial charge in [0, 0.05) is 25.0 Å². The molecule has 0 spiro atoms. The summed E-state index contributed by atoms with van der Waals surface area (Å²) in [6, 6.07) is 6.55.